The molecule has 194 valence electrons. The Morgan fingerprint density at radius 2 is 1.83 bits per heavy atom. The van der Waals surface area contributed by atoms with Gasteiger partial charge >= 0.3 is 0 Å². The summed E-state index contributed by atoms with van der Waals surface area (Å²) >= 11 is 12.1. The van der Waals surface area contributed by atoms with E-state index in [9.17, 15) is 9.59 Å². The van der Waals surface area contributed by atoms with Gasteiger partial charge in [-0.15, -0.1) is 0 Å². The van der Waals surface area contributed by atoms with Crippen molar-refractivity contribution in [2.45, 2.75) is 57.4 Å². The smallest absolute Gasteiger partial charge is 0.239 e. The number of piperidine rings is 1. The molecule has 2 aliphatic rings. The van der Waals surface area contributed by atoms with E-state index < -0.39 is 11.5 Å². The maximum Gasteiger partial charge on any atom is 0.239 e. The average Bonchev–Trinajstić information content (AvgIpc) is 2.89. The van der Waals surface area contributed by atoms with E-state index in [-0.39, 0.29) is 11.8 Å². The molecule has 1 spiro atoms. The SMILES string of the molecule is N[C@@H](Cc1ccc(Cl)c(Cl)c1)C(=O)N1CCC2(CCCCc3ccccc3OCCCNC2=O)CC1. The van der Waals surface area contributed by atoms with E-state index in [1.54, 1.807) is 12.1 Å². The first kappa shape index (κ1) is 26.8. The van der Waals surface area contributed by atoms with Crippen LogP contribution in [0.4, 0.5) is 0 Å². The Labute approximate surface area is 223 Å². The molecule has 8 heteroatoms. The Balaban J connectivity index is 1.36. The van der Waals surface area contributed by atoms with E-state index in [2.05, 4.69) is 11.4 Å². The number of hydrogen-bond donors (Lipinski definition) is 2. The number of ether oxygens (including phenoxy) is 1. The van der Waals surface area contributed by atoms with Gasteiger partial charge in [0.2, 0.25) is 11.8 Å². The second kappa shape index (κ2) is 12.3. The van der Waals surface area contributed by atoms with Crippen LogP contribution in [-0.2, 0) is 22.4 Å². The van der Waals surface area contributed by atoms with E-state index in [1.165, 1.54) is 5.56 Å². The highest BCUT2D eigenvalue weighted by Crippen LogP contribution is 2.38. The van der Waals surface area contributed by atoms with Crippen LogP contribution in [0.25, 0.3) is 0 Å². The minimum Gasteiger partial charge on any atom is -0.493 e. The largest absolute Gasteiger partial charge is 0.493 e. The number of nitrogens with one attached hydrogen (secondary N) is 1. The number of likely N-dealkylation sites (tertiary alicyclic amines) is 1. The van der Waals surface area contributed by atoms with E-state index in [4.69, 9.17) is 33.7 Å². The Morgan fingerprint density at radius 1 is 1.06 bits per heavy atom. The summed E-state index contributed by atoms with van der Waals surface area (Å²) in [6.07, 6.45) is 6.14. The molecule has 1 fully saturated rings. The number of fused-ring (bicyclic) bond motifs is 1. The molecule has 2 aromatic rings. The summed E-state index contributed by atoms with van der Waals surface area (Å²) in [5, 5.41) is 4.07. The number of rotatable bonds is 3. The van der Waals surface area contributed by atoms with Gasteiger partial charge in [0, 0.05) is 19.6 Å². The number of amides is 2. The Hall–Kier alpha value is -2.28. The van der Waals surface area contributed by atoms with E-state index >= 15 is 0 Å². The molecule has 0 radical (unpaired) electrons. The molecule has 1 atom stereocenters. The van der Waals surface area contributed by atoms with E-state index in [1.807, 2.05) is 29.2 Å². The average molecular weight is 533 g/mol. The standard InChI is InChI=1S/C28H35Cl2N3O3/c29-22-10-9-20(18-23(22)30)19-24(31)26(34)33-15-12-28(13-16-33)11-4-3-7-21-6-1-2-8-25(21)36-17-5-14-32-27(28)35/h1-2,6,8-10,18,24H,3-5,7,11-17,19,31H2,(H,32,35)/t24-/m0/s1. The topological polar surface area (TPSA) is 84.7 Å². The maximum atomic E-state index is 13.3. The Morgan fingerprint density at radius 3 is 2.61 bits per heavy atom. The summed E-state index contributed by atoms with van der Waals surface area (Å²) in [6.45, 7) is 2.23. The van der Waals surface area contributed by atoms with Gasteiger partial charge in [0.15, 0.2) is 0 Å². The summed E-state index contributed by atoms with van der Waals surface area (Å²) in [7, 11) is 0. The molecule has 0 aromatic heterocycles. The number of benzene rings is 2. The number of nitrogens with two attached hydrogens (primary N) is 1. The molecule has 6 nitrogen and oxygen atoms in total. The van der Waals surface area contributed by atoms with Gasteiger partial charge in [-0.25, -0.2) is 0 Å². The fourth-order valence-corrected chi connectivity index (χ4v) is 5.58. The highest BCUT2D eigenvalue weighted by atomic mass is 35.5. The Kier molecular flexibility index (Phi) is 9.15. The molecular formula is C28H35Cl2N3O3. The second-order valence-electron chi connectivity index (χ2n) is 9.94. The predicted octanol–water partition coefficient (Wildman–Crippen LogP) is 4.78. The van der Waals surface area contributed by atoms with Crippen molar-refractivity contribution in [2.24, 2.45) is 11.1 Å². The minimum absolute atomic E-state index is 0.0882. The third-order valence-electron chi connectivity index (χ3n) is 7.46. The third-order valence-corrected chi connectivity index (χ3v) is 8.20. The number of para-hydroxylation sites is 1. The van der Waals surface area contributed by atoms with Crippen LogP contribution in [0.3, 0.4) is 0 Å². The lowest BCUT2D eigenvalue weighted by Gasteiger charge is -2.41. The molecule has 1 saturated heterocycles. The van der Waals surface area contributed by atoms with Crippen LogP contribution < -0.4 is 15.8 Å². The fraction of sp³-hybridized carbons (Fsp3) is 0.500. The van der Waals surface area contributed by atoms with Gasteiger partial charge in [-0.1, -0.05) is 53.9 Å². The zero-order chi connectivity index (χ0) is 25.5. The fourth-order valence-electron chi connectivity index (χ4n) is 5.26. The number of nitrogens with zero attached hydrogens (tertiary/aromatic N) is 1. The number of carbonyl (C=O) groups is 2. The number of halogens is 2. The van der Waals surface area contributed by atoms with Crippen molar-refractivity contribution in [1.82, 2.24) is 10.2 Å². The van der Waals surface area contributed by atoms with Crippen LogP contribution in [0, 0.1) is 5.41 Å². The normalized spacial score (nSPS) is 19.6. The molecule has 0 aliphatic carbocycles. The first-order valence-corrected chi connectivity index (χ1v) is 13.6. The third kappa shape index (κ3) is 6.53. The van der Waals surface area contributed by atoms with E-state index in [0.717, 1.165) is 43.4 Å². The van der Waals surface area contributed by atoms with Gasteiger partial charge in [-0.05, 0) is 74.3 Å². The summed E-state index contributed by atoms with van der Waals surface area (Å²) in [5.74, 6) is 0.961. The lowest BCUT2D eigenvalue weighted by molar-refractivity contribution is -0.141. The highest BCUT2D eigenvalue weighted by molar-refractivity contribution is 6.42. The molecular weight excluding hydrogens is 497 g/mol. The molecule has 0 bridgehead atoms. The summed E-state index contributed by atoms with van der Waals surface area (Å²) in [5.41, 5.74) is 7.93. The molecule has 2 aliphatic heterocycles. The summed E-state index contributed by atoms with van der Waals surface area (Å²) in [6, 6.07) is 12.8. The van der Waals surface area contributed by atoms with Gasteiger partial charge in [-0.2, -0.15) is 0 Å². The molecule has 2 aromatic carbocycles. The lowest BCUT2D eigenvalue weighted by Crippen LogP contribution is -2.53. The van der Waals surface area contributed by atoms with Gasteiger partial charge in [0.05, 0.1) is 28.1 Å². The number of hydrogen-bond acceptors (Lipinski definition) is 4. The van der Waals surface area contributed by atoms with Crippen molar-refractivity contribution < 1.29 is 14.3 Å². The minimum atomic E-state index is -0.662. The maximum absolute atomic E-state index is 13.3. The molecule has 4 rings (SSSR count). The van der Waals surface area contributed by atoms with Crippen LogP contribution in [0.2, 0.25) is 10.0 Å². The monoisotopic (exact) mass is 531 g/mol. The number of carbonyl (C=O) groups excluding carboxylic acids is 2. The zero-order valence-corrected chi connectivity index (χ0v) is 22.1. The van der Waals surface area contributed by atoms with Crippen LogP contribution in [0.1, 0.15) is 49.7 Å². The van der Waals surface area contributed by atoms with Crippen LogP contribution in [0.15, 0.2) is 42.5 Å². The molecule has 0 saturated carbocycles. The van der Waals surface area contributed by atoms with Crippen molar-refractivity contribution in [3.05, 3.63) is 63.6 Å². The second-order valence-corrected chi connectivity index (χ2v) is 10.8. The van der Waals surface area contributed by atoms with Crippen molar-refractivity contribution in [3.8, 4) is 5.75 Å². The van der Waals surface area contributed by atoms with Gasteiger partial charge in [0.25, 0.3) is 0 Å². The van der Waals surface area contributed by atoms with Crippen molar-refractivity contribution in [1.29, 1.82) is 0 Å². The Bertz CT molecular complexity index is 1070. The molecule has 0 unspecified atom stereocenters. The highest BCUT2D eigenvalue weighted by Gasteiger charge is 2.42. The van der Waals surface area contributed by atoms with E-state index in [0.29, 0.717) is 55.5 Å². The van der Waals surface area contributed by atoms with Crippen LogP contribution >= 0.6 is 23.2 Å². The van der Waals surface area contributed by atoms with Gasteiger partial charge < -0.3 is 20.7 Å². The van der Waals surface area contributed by atoms with Crippen molar-refractivity contribution >= 4 is 35.0 Å². The van der Waals surface area contributed by atoms with Gasteiger partial charge in [-0.3, -0.25) is 9.59 Å². The lowest BCUT2D eigenvalue weighted by atomic mass is 9.73. The molecule has 36 heavy (non-hydrogen) atoms. The first-order valence-electron chi connectivity index (χ1n) is 12.9. The van der Waals surface area contributed by atoms with Gasteiger partial charge in [0.1, 0.15) is 5.75 Å². The number of aryl methyl sites for hydroxylation is 1. The predicted molar refractivity (Wildman–Crippen MR) is 144 cm³/mol. The molecule has 2 heterocycles. The van der Waals surface area contributed by atoms with Crippen LogP contribution in [0.5, 0.6) is 5.75 Å². The first-order chi connectivity index (χ1) is 17.4. The molecule has 2 amide bonds. The zero-order valence-electron chi connectivity index (χ0n) is 20.6. The summed E-state index contributed by atoms with van der Waals surface area (Å²) < 4.78 is 5.97. The summed E-state index contributed by atoms with van der Waals surface area (Å²) in [4.78, 5) is 28.2. The quantitative estimate of drug-likeness (QED) is 0.596. The van der Waals surface area contributed by atoms with Crippen molar-refractivity contribution in [2.75, 3.05) is 26.2 Å². The van der Waals surface area contributed by atoms with Crippen molar-refractivity contribution in [3.63, 3.8) is 0 Å². The molecule has 3 N–H and O–H groups in total. The van der Waals surface area contributed by atoms with Crippen LogP contribution in [-0.4, -0.2) is 49.0 Å².